The Kier molecular flexibility index (Phi) is 9.04. The quantitative estimate of drug-likeness (QED) is 0.225. The Labute approximate surface area is 261 Å². The van der Waals surface area contributed by atoms with Crippen LogP contribution in [0.4, 0.5) is 8.78 Å². The number of hydrogen-bond donors (Lipinski definition) is 1. The van der Waals surface area contributed by atoms with Crippen LogP contribution in [0.5, 0.6) is 5.75 Å². The smallest absolute Gasteiger partial charge is 0.185 e. The van der Waals surface area contributed by atoms with Gasteiger partial charge in [0.1, 0.15) is 28.9 Å². The van der Waals surface area contributed by atoms with Crippen LogP contribution in [0.25, 0.3) is 11.3 Å². The normalized spacial score (nSPS) is 22.0. The molecule has 3 aromatic rings. The summed E-state index contributed by atoms with van der Waals surface area (Å²) in [6.07, 6.45) is 3.64. The van der Waals surface area contributed by atoms with Crippen molar-refractivity contribution in [1.29, 1.82) is 0 Å². The molecule has 0 bridgehead atoms. The monoisotopic (exact) mass is 628 g/mol. The molecule has 1 aliphatic heterocycles. The minimum absolute atomic E-state index is 0.00530. The van der Waals surface area contributed by atoms with Gasteiger partial charge < -0.3 is 14.4 Å². The van der Waals surface area contributed by atoms with Crippen molar-refractivity contribution < 1.29 is 32.7 Å². The van der Waals surface area contributed by atoms with Gasteiger partial charge >= 0.3 is 0 Å². The van der Waals surface area contributed by atoms with E-state index in [1.54, 1.807) is 13.2 Å². The van der Waals surface area contributed by atoms with Crippen LogP contribution < -0.4 is 4.74 Å². The molecule has 44 heavy (non-hydrogen) atoms. The number of carbonyl (C=O) groups excluding carboxylic acids is 2. The van der Waals surface area contributed by atoms with Crippen LogP contribution in [0.1, 0.15) is 81.8 Å². The highest BCUT2D eigenvalue weighted by Gasteiger charge is 2.49. The van der Waals surface area contributed by atoms with Crippen molar-refractivity contribution in [2.45, 2.75) is 82.8 Å². The van der Waals surface area contributed by atoms with Crippen molar-refractivity contribution in [3.8, 4) is 17.1 Å². The van der Waals surface area contributed by atoms with Crippen molar-refractivity contribution in [2.24, 2.45) is 5.41 Å². The van der Waals surface area contributed by atoms with Crippen LogP contribution in [0, 0.1) is 17.0 Å². The molecular formula is C34H39ClF2N2O5. The van der Waals surface area contributed by atoms with Crippen LogP contribution in [-0.2, 0) is 10.2 Å². The van der Waals surface area contributed by atoms with Crippen molar-refractivity contribution in [3.63, 3.8) is 0 Å². The van der Waals surface area contributed by atoms with Gasteiger partial charge in [-0.2, -0.15) is 0 Å². The molecular weight excluding hydrogens is 590 g/mol. The Morgan fingerprint density at radius 1 is 1.11 bits per heavy atom. The van der Waals surface area contributed by atoms with E-state index in [9.17, 15) is 23.5 Å². The van der Waals surface area contributed by atoms with E-state index in [2.05, 4.69) is 10.1 Å². The Morgan fingerprint density at radius 3 is 2.48 bits per heavy atom. The lowest BCUT2D eigenvalue weighted by Gasteiger charge is -2.55. The second-order valence-electron chi connectivity index (χ2n) is 13.6. The number of ketones is 2. The zero-order chi connectivity index (χ0) is 31.9. The summed E-state index contributed by atoms with van der Waals surface area (Å²) in [7, 11) is 1.57. The summed E-state index contributed by atoms with van der Waals surface area (Å²) in [5.74, 6) is -1.17. The van der Waals surface area contributed by atoms with Gasteiger partial charge in [0, 0.05) is 61.0 Å². The number of rotatable bonds is 11. The number of ether oxygens (including phenoxy) is 1. The average Bonchev–Trinajstić information content (AvgIpc) is 3.41. The minimum atomic E-state index is -0.816. The second-order valence-corrected chi connectivity index (χ2v) is 14.0. The van der Waals surface area contributed by atoms with Gasteiger partial charge in [0.25, 0.3) is 0 Å². The van der Waals surface area contributed by atoms with Gasteiger partial charge in [0.2, 0.25) is 0 Å². The average molecular weight is 629 g/mol. The van der Waals surface area contributed by atoms with Crippen LogP contribution in [0.15, 0.2) is 47.0 Å². The number of likely N-dealkylation sites (tertiary alicyclic amines) is 1. The Morgan fingerprint density at radius 2 is 1.82 bits per heavy atom. The molecule has 1 saturated carbocycles. The molecule has 0 radical (unpaired) electrons. The molecule has 2 fully saturated rings. The summed E-state index contributed by atoms with van der Waals surface area (Å²) < 4.78 is 38.4. The maximum atomic E-state index is 14.3. The van der Waals surface area contributed by atoms with Crippen molar-refractivity contribution >= 4 is 23.2 Å². The lowest BCUT2D eigenvalue weighted by Crippen LogP contribution is -2.62. The molecule has 5 rings (SSSR count). The zero-order valence-corrected chi connectivity index (χ0v) is 26.3. The van der Waals surface area contributed by atoms with Crippen LogP contribution in [0.2, 0.25) is 5.02 Å². The number of hydrogen-bond acceptors (Lipinski definition) is 7. The summed E-state index contributed by atoms with van der Waals surface area (Å²) in [5.41, 5.74) is -0.865. The minimum Gasteiger partial charge on any atom is -0.497 e. The van der Waals surface area contributed by atoms with E-state index in [1.807, 2.05) is 32.9 Å². The Balaban J connectivity index is 1.32. The van der Waals surface area contributed by atoms with Crippen molar-refractivity contribution in [1.82, 2.24) is 10.1 Å². The lowest BCUT2D eigenvalue weighted by atomic mass is 9.68. The Bertz CT molecular complexity index is 1540. The summed E-state index contributed by atoms with van der Waals surface area (Å²) in [4.78, 5) is 29.5. The summed E-state index contributed by atoms with van der Waals surface area (Å²) in [6, 6.07) is 10.2. The zero-order valence-electron chi connectivity index (χ0n) is 25.6. The van der Waals surface area contributed by atoms with E-state index in [4.69, 9.17) is 20.9 Å². The third-order valence-corrected chi connectivity index (χ3v) is 9.47. The van der Waals surface area contributed by atoms with Gasteiger partial charge in [0.05, 0.1) is 18.3 Å². The third-order valence-electron chi connectivity index (χ3n) is 9.25. The number of methoxy groups -OCH3 is 1. The summed E-state index contributed by atoms with van der Waals surface area (Å²) >= 11 is 6.31. The molecule has 0 amide bonds. The van der Waals surface area contributed by atoms with Crippen LogP contribution >= 0.6 is 11.6 Å². The van der Waals surface area contributed by atoms with E-state index >= 15 is 0 Å². The molecule has 7 nitrogen and oxygen atoms in total. The highest BCUT2D eigenvalue weighted by atomic mass is 35.5. The molecule has 2 aliphatic rings. The number of carbonyl (C=O) groups is 2. The first kappa shape index (κ1) is 32.3. The number of aromatic nitrogens is 1. The van der Waals surface area contributed by atoms with Crippen LogP contribution in [0.3, 0.4) is 0 Å². The number of aliphatic hydroxyl groups is 1. The first-order chi connectivity index (χ1) is 20.7. The second kappa shape index (κ2) is 12.3. The SMILES string of the molecule is COc1cc(Cl)cc(C(C)(C)CC(=O)CC2(CC(=O)c3cc(-c4ccc(F)cc4F)on3)CN(C3CCC(C)(O)CC3)C2)c1. The fraction of sp³-hybridized carbons (Fsp3) is 0.500. The largest absolute Gasteiger partial charge is 0.497 e. The van der Waals surface area contributed by atoms with Crippen molar-refractivity contribution in [2.75, 3.05) is 20.2 Å². The maximum Gasteiger partial charge on any atom is 0.185 e. The van der Waals surface area contributed by atoms with E-state index in [0.717, 1.165) is 30.5 Å². The molecule has 1 N–H and O–H groups in total. The first-order valence-electron chi connectivity index (χ1n) is 15.0. The molecule has 0 unspecified atom stereocenters. The van der Waals surface area contributed by atoms with Gasteiger partial charge in [-0.25, -0.2) is 8.78 Å². The number of benzene rings is 2. The molecule has 1 aliphatic carbocycles. The van der Waals surface area contributed by atoms with E-state index in [1.165, 1.54) is 12.1 Å². The first-order valence-corrected chi connectivity index (χ1v) is 15.3. The topological polar surface area (TPSA) is 92.9 Å². The predicted octanol–water partition coefficient (Wildman–Crippen LogP) is 7.18. The highest BCUT2D eigenvalue weighted by molar-refractivity contribution is 6.30. The van der Waals surface area contributed by atoms with Gasteiger partial charge in [-0.1, -0.05) is 30.6 Å². The van der Waals surface area contributed by atoms with E-state index < -0.39 is 28.1 Å². The Hall–Kier alpha value is -3.14. The lowest BCUT2D eigenvalue weighted by molar-refractivity contribution is -0.128. The summed E-state index contributed by atoms with van der Waals surface area (Å²) in [5, 5.41) is 14.8. The fourth-order valence-electron chi connectivity index (χ4n) is 6.75. The molecule has 0 atom stereocenters. The molecule has 2 aromatic carbocycles. The predicted molar refractivity (Wildman–Crippen MR) is 163 cm³/mol. The number of nitrogens with zero attached hydrogens (tertiary/aromatic N) is 2. The van der Waals surface area contributed by atoms with Gasteiger partial charge in [0.15, 0.2) is 11.5 Å². The third kappa shape index (κ3) is 7.22. The standard InChI is InChI=1S/C34H39ClF2N2O5/c1-32(2,21-11-22(35)13-26(12-21)43-4)16-25(40)17-34(19-39(20-34)24-7-9-33(3,42)10-8-24)18-30(41)29-15-31(44-38-29)27-6-5-23(36)14-28(27)37/h5-6,11-15,24,42H,7-10,16-20H2,1-4H3. The summed E-state index contributed by atoms with van der Waals surface area (Å²) in [6.45, 7) is 6.98. The molecule has 236 valence electrons. The number of Topliss-reactive ketones (excluding diaryl/α,β-unsaturated/α-hetero) is 2. The van der Waals surface area contributed by atoms with E-state index in [0.29, 0.717) is 36.7 Å². The van der Waals surface area contributed by atoms with Crippen LogP contribution in [-0.4, -0.2) is 58.6 Å². The molecule has 10 heteroatoms. The van der Waals surface area contributed by atoms with Gasteiger partial charge in [-0.3, -0.25) is 14.5 Å². The van der Waals surface area contributed by atoms with E-state index in [-0.39, 0.29) is 53.9 Å². The van der Waals surface area contributed by atoms with Gasteiger partial charge in [-0.15, -0.1) is 0 Å². The fourth-order valence-corrected chi connectivity index (χ4v) is 6.98. The molecule has 2 heterocycles. The highest BCUT2D eigenvalue weighted by Crippen LogP contribution is 2.44. The molecule has 1 saturated heterocycles. The molecule has 1 aromatic heterocycles. The molecule has 0 spiro atoms. The van der Waals surface area contributed by atoms with Crippen molar-refractivity contribution in [3.05, 3.63) is 70.4 Å². The van der Waals surface area contributed by atoms with Gasteiger partial charge in [-0.05, 0) is 73.9 Å². The maximum absolute atomic E-state index is 14.3. The number of halogens is 3.